The monoisotopic (exact) mass is 376 g/mol. The highest BCUT2D eigenvalue weighted by Gasteiger charge is 2.22. The molecule has 2 heterocycles. The summed E-state index contributed by atoms with van der Waals surface area (Å²) in [5.41, 5.74) is 3.52. The summed E-state index contributed by atoms with van der Waals surface area (Å²) in [6, 6.07) is 15.4. The molecule has 1 saturated heterocycles. The number of rotatable bonds is 5. The number of hydrogen-bond donors (Lipinski definition) is 1. The van der Waals surface area contributed by atoms with Crippen LogP contribution in [-0.2, 0) is 22.6 Å². The van der Waals surface area contributed by atoms with Gasteiger partial charge in [-0.1, -0.05) is 24.3 Å². The van der Waals surface area contributed by atoms with E-state index in [1.807, 2.05) is 64.9 Å². The summed E-state index contributed by atoms with van der Waals surface area (Å²) in [7, 11) is 0. The Morgan fingerprint density at radius 3 is 2.64 bits per heavy atom. The summed E-state index contributed by atoms with van der Waals surface area (Å²) in [6.45, 7) is 3.73. The van der Waals surface area contributed by atoms with Crippen molar-refractivity contribution in [3.8, 4) is 0 Å². The number of fused-ring (bicyclic) bond motifs is 1. The predicted molar refractivity (Wildman–Crippen MR) is 109 cm³/mol. The SMILES string of the molecule is Cc1cccc(NC(=O)Cn2c(CC(=O)N3CCCC3)nc3ccccc32)c1. The van der Waals surface area contributed by atoms with Crippen molar-refractivity contribution in [1.82, 2.24) is 14.5 Å². The molecule has 0 aliphatic carbocycles. The number of aromatic nitrogens is 2. The van der Waals surface area contributed by atoms with Crippen LogP contribution in [0.1, 0.15) is 24.2 Å². The number of hydrogen-bond acceptors (Lipinski definition) is 3. The van der Waals surface area contributed by atoms with Crippen LogP contribution in [0.3, 0.4) is 0 Å². The lowest BCUT2D eigenvalue weighted by molar-refractivity contribution is -0.129. The van der Waals surface area contributed by atoms with Crippen LogP contribution < -0.4 is 5.32 Å². The number of para-hydroxylation sites is 2. The predicted octanol–water partition coefficient (Wildman–Crippen LogP) is 3.15. The topological polar surface area (TPSA) is 67.2 Å². The van der Waals surface area contributed by atoms with Crippen molar-refractivity contribution in [2.75, 3.05) is 18.4 Å². The molecule has 2 aromatic carbocycles. The van der Waals surface area contributed by atoms with Gasteiger partial charge in [-0.2, -0.15) is 0 Å². The molecule has 6 nitrogen and oxygen atoms in total. The van der Waals surface area contributed by atoms with Crippen molar-refractivity contribution < 1.29 is 9.59 Å². The Morgan fingerprint density at radius 1 is 1.07 bits per heavy atom. The molecule has 0 atom stereocenters. The van der Waals surface area contributed by atoms with E-state index in [-0.39, 0.29) is 24.8 Å². The molecule has 1 fully saturated rings. The van der Waals surface area contributed by atoms with Gasteiger partial charge in [0.05, 0.1) is 17.5 Å². The summed E-state index contributed by atoms with van der Waals surface area (Å²) < 4.78 is 1.86. The van der Waals surface area contributed by atoms with Gasteiger partial charge in [0.25, 0.3) is 0 Å². The van der Waals surface area contributed by atoms with Gasteiger partial charge in [0.15, 0.2) is 0 Å². The van der Waals surface area contributed by atoms with Gasteiger partial charge in [-0.15, -0.1) is 0 Å². The van der Waals surface area contributed by atoms with Crippen LogP contribution in [0.2, 0.25) is 0 Å². The van der Waals surface area contributed by atoms with Gasteiger partial charge in [0, 0.05) is 18.8 Å². The highest BCUT2D eigenvalue weighted by atomic mass is 16.2. The second-order valence-corrected chi connectivity index (χ2v) is 7.29. The molecule has 2 amide bonds. The van der Waals surface area contributed by atoms with E-state index in [2.05, 4.69) is 10.3 Å². The molecule has 0 unspecified atom stereocenters. The third-order valence-electron chi connectivity index (χ3n) is 5.11. The van der Waals surface area contributed by atoms with Crippen LogP contribution in [0.15, 0.2) is 48.5 Å². The van der Waals surface area contributed by atoms with Gasteiger partial charge in [-0.3, -0.25) is 9.59 Å². The molecular formula is C22H24N4O2. The fourth-order valence-electron chi connectivity index (χ4n) is 3.72. The lowest BCUT2D eigenvalue weighted by atomic mass is 10.2. The first-order valence-corrected chi connectivity index (χ1v) is 9.68. The minimum absolute atomic E-state index is 0.0770. The van der Waals surface area contributed by atoms with Crippen LogP contribution >= 0.6 is 0 Å². The van der Waals surface area contributed by atoms with Gasteiger partial charge in [0.2, 0.25) is 11.8 Å². The number of carbonyl (C=O) groups is 2. The van der Waals surface area contributed by atoms with Gasteiger partial charge >= 0.3 is 0 Å². The van der Waals surface area contributed by atoms with Gasteiger partial charge in [-0.05, 0) is 49.6 Å². The zero-order valence-electron chi connectivity index (χ0n) is 16.0. The van der Waals surface area contributed by atoms with E-state index in [0.29, 0.717) is 5.82 Å². The molecule has 0 saturated carbocycles. The number of nitrogens with zero attached hydrogens (tertiary/aromatic N) is 3. The minimum Gasteiger partial charge on any atom is -0.342 e. The van der Waals surface area contributed by atoms with E-state index >= 15 is 0 Å². The Bertz CT molecular complexity index is 1020. The normalized spacial score (nSPS) is 13.8. The molecule has 1 aliphatic heterocycles. The summed E-state index contributed by atoms with van der Waals surface area (Å²) >= 11 is 0. The maximum Gasteiger partial charge on any atom is 0.244 e. The minimum atomic E-state index is -0.136. The van der Waals surface area contributed by atoms with Gasteiger partial charge in [-0.25, -0.2) is 4.98 Å². The number of amides is 2. The van der Waals surface area contributed by atoms with Crippen LogP contribution in [-0.4, -0.2) is 39.4 Å². The summed E-state index contributed by atoms with van der Waals surface area (Å²) in [5, 5.41) is 2.94. The Hall–Kier alpha value is -3.15. The van der Waals surface area contributed by atoms with Crippen LogP contribution in [0.25, 0.3) is 11.0 Å². The molecule has 3 aromatic rings. The molecule has 144 valence electrons. The number of benzene rings is 2. The Balaban J connectivity index is 1.57. The Morgan fingerprint density at radius 2 is 1.86 bits per heavy atom. The fourth-order valence-corrected chi connectivity index (χ4v) is 3.72. The Kier molecular flexibility index (Phi) is 5.10. The standard InChI is InChI=1S/C22H24N4O2/c1-16-7-6-8-17(13-16)23-21(27)15-26-19-10-3-2-9-18(19)24-20(26)14-22(28)25-11-4-5-12-25/h2-3,6-10,13H,4-5,11-12,14-15H2,1H3,(H,23,27). The Labute approximate surface area is 164 Å². The first-order valence-electron chi connectivity index (χ1n) is 9.68. The smallest absolute Gasteiger partial charge is 0.244 e. The second kappa shape index (κ2) is 7.84. The first kappa shape index (κ1) is 18.2. The number of likely N-dealkylation sites (tertiary alicyclic amines) is 1. The van der Waals surface area contributed by atoms with Crippen molar-refractivity contribution in [2.24, 2.45) is 0 Å². The van der Waals surface area contributed by atoms with E-state index in [4.69, 9.17) is 0 Å². The zero-order chi connectivity index (χ0) is 19.5. The van der Waals surface area contributed by atoms with E-state index in [0.717, 1.165) is 48.2 Å². The van der Waals surface area contributed by atoms with Gasteiger partial charge < -0.3 is 14.8 Å². The van der Waals surface area contributed by atoms with E-state index in [1.54, 1.807) is 0 Å². The van der Waals surface area contributed by atoms with Gasteiger partial charge in [0.1, 0.15) is 12.4 Å². The quantitative estimate of drug-likeness (QED) is 0.744. The highest BCUT2D eigenvalue weighted by molar-refractivity contribution is 5.92. The van der Waals surface area contributed by atoms with Crippen LogP contribution in [0.5, 0.6) is 0 Å². The first-order chi connectivity index (χ1) is 13.6. The fraction of sp³-hybridized carbons (Fsp3) is 0.318. The number of imidazole rings is 1. The molecule has 1 aliphatic rings. The molecule has 4 rings (SSSR count). The number of aryl methyl sites for hydroxylation is 1. The third-order valence-corrected chi connectivity index (χ3v) is 5.11. The third kappa shape index (κ3) is 3.91. The van der Waals surface area contributed by atoms with Crippen molar-refractivity contribution in [1.29, 1.82) is 0 Å². The lowest BCUT2D eigenvalue weighted by Gasteiger charge is -2.16. The van der Waals surface area contributed by atoms with Crippen molar-refractivity contribution in [3.63, 3.8) is 0 Å². The molecule has 1 aromatic heterocycles. The molecule has 0 radical (unpaired) electrons. The molecule has 6 heteroatoms. The summed E-state index contributed by atoms with van der Waals surface area (Å²) in [5.74, 6) is 0.578. The van der Waals surface area contributed by atoms with Crippen molar-refractivity contribution in [3.05, 3.63) is 59.9 Å². The molecule has 0 bridgehead atoms. The zero-order valence-corrected chi connectivity index (χ0v) is 16.0. The van der Waals surface area contributed by atoms with Crippen LogP contribution in [0, 0.1) is 6.92 Å². The van der Waals surface area contributed by atoms with Crippen molar-refractivity contribution in [2.45, 2.75) is 32.7 Å². The van der Waals surface area contributed by atoms with E-state index in [9.17, 15) is 9.59 Å². The molecular weight excluding hydrogens is 352 g/mol. The average molecular weight is 376 g/mol. The largest absolute Gasteiger partial charge is 0.342 e. The molecule has 0 spiro atoms. The number of carbonyl (C=O) groups excluding carboxylic acids is 2. The summed E-state index contributed by atoms with van der Waals surface area (Å²) in [6.07, 6.45) is 2.33. The molecule has 1 N–H and O–H groups in total. The van der Waals surface area contributed by atoms with E-state index in [1.165, 1.54) is 0 Å². The van der Waals surface area contributed by atoms with Crippen molar-refractivity contribution >= 4 is 28.5 Å². The maximum absolute atomic E-state index is 12.7. The highest BCUT2D eigenvalue weighted by Crippen LogP contribution is 2.19. The van der Waals surface area contributed by atoms with Crippen LogP contribution in [0.4, 0.5) is 5.69 Å². The molecule has 28 heavy (non-hydrogen) atoms. The maximum atomic E-state index is 12.7. The average Bonchev–Trinajstić information content (AvgIpc) is 3.31. The summed E-state index contributed by atoms with van der Waals surface area (Å²) in [4.78, 5) is 31.8. The van der Waals surface area contributed by atoms with E-state index < -0.39 is 0 Å². The number of nitrogens with one attached hydrogen (secondary N) is 1. The lowest BCUT2D eigenvalue weighted by Crippen LogP contribution is -2.30. The second-order valence-electron chi connectivity index (χ2n) is 7.29. The number of anilines is 1.